The molecule has 1 nitrogen and oxygen atoms in total. The summed E-state index contributed by atoms with van der Waals surface area (Å²) in [4.78, 5) is 11.6. The molecule has 2 rings (SSSR count). The number of benzene rings is 2. The lowest BCUT2D eigenvalue weighted by Gasteiger charge is -2.20. The number of carbonyl (C=O) groups is 1. The van der Waals surface area contributed by atoms with Crippen LogP contribution in [0.25, 0.3) is 11.1 Å². The third-order valence-electron chi connectivity index (χ3n) is 3.41. The van der Waals surface area contributed by atoms with Crippen LogP contribution in [-0.2, 0) is 5.41 Å². The Balaban J connectivity index is 2.57. The fraction of sp³-hybridized carbons (Fsp3) is 0.278. The van der Waals surface area contributed by atoms with Crippen LogP contribution in [0, 0.1) is 3.57 Å². The number of ketones is 1. The van der Waals surface area contributed by atoms with Crippen LogP contribution in [-0.4, -0.2) is 5.78 Å². The largest absolute Gasteiger partial charge is 0.295 e. The third kappa shape index (κ3) is 3.29. The number of halogens is 1. The molecule has 2 aromatic carbocycles. The molecular formula is C18H19IO. The van der Waals surface area contributed by atoms with Gasteiger partial charge in [-0.3, -0.25) is 4.79 Å². The number of rotatable bonds is 2. The van der Waals surface area contributed by atoms with E-state index in [1.807, 2.05) is 18.2 Å². The molecule has 0 heterocycles. The van der Waals surface area contributed by atoms with E-state index < -0.39 is 0 Å². The molecule has 0 saturated heterocycles. The average molecular weight is 378 g/mol. The highest BCUT2D eigenvalue weighted by atomic mass is 127. The Hall–Kier alpha value is -1.16. The maximum atomic E-state index is 11.6. The summed E-state index contributed by atoms with van der Waals surface area (Å²) in [6.45, 7) is 8.24. The van der Waals surface area contributed by atoms with Crippen molar-refractivity contribution in [2.45, 2.75) is 33.1 Å². The minimum atomic E-state index is 0.106. The van der Waals surface area contributed by atoms with Crippen molar-refractivity contribution in [3.8, 4) is 11.1 Å². The second-order valence-electron chi connectivity index (χ2n) is 6.08. The number of hydrogen-bond acceptors (Lipinski definition) is 1. The van der Waals surface area contributed by atoms with Crippen LogP contribution in [0.1, 0.15) is 43.6 Å². The van der Waals surface area contributed by atoms with Crippen molar-refractivity contribution in [2.24, 2.45) is 0 Å². The van der Waals surface area contributed by atoms with E-state index in [0.717, 1.165) is 11.1 Å². The molecule has 0 aliphatic rings. The van der Waals surface area contributed by atoms with Gasteiger partial charge in [0.05, 0.1) is 0 Å². The maximum absolute atomic E-state index is 11.6. The molecule has 0 aliphatic carbocycles. The second kappa shape index (κ2) is 5.68. The lowest BCUT2D eigenvalue weighted by Crippen LogP contribution is -2.10. The van der Waals surface area contributed by atoms with E-state index in [0.29, 0.717) is 0 Å². The van der Waals surface area contributed by atoms with Crippen LogP contribution in [0.2, 0.25) is 0 Å². The van der Waals surface area contributed by atoms with Gasteiger partial charge in [0, 0.05) is 9.13 Å². The highest BCUT2D eigenvalue weighted by Crippen LogP contribution is 2.30. The molecule has 0 fully saturated rings. The summed E-state index contributed by atoms with van der Waals surface area (Å²) in [6.07, 6.45) is 0. The van der Waals surface area contributed by atoms with E-state index in [2.05, 4.69) is 67.6 Å². The lowest BCUT2D eigenvalue weighted by atomic mass is 9.85. The standard InChI is InChI=1S/C18H19IO/c1-12(20)13-8-9-17(19)16(11-13)14-6-5-7-15(10-14)18(2,3)4/h5-11H,1-4H3. The highest BCUT2D eigenvalue weighted by Gasteiger charge is 2.15. The van der Waals surface area contributed by atoms with Crippen LogP contribution in [0.15, 0.2) is 42.5 Å². The molecule has 0 aliphatic heterocycles. The number of carbonyl (C=O) groups excluding carboxylic acids is 1. The van der Waals surface area contributed by atoms with Crippen LogP contribution < -0.4 is 0 Å². The van der Waals surface area contributed by atoms with Gasteiger partial charge in [0.15, 0.2) is 5.78 Å². The Kier molecular flexibility index (Phi) is 4.33. The van der Waals surface area contributed by atoms with E-state index in [4.69, 9.17) is 0 Å². The van der Waals surface area contributed by atoms with E-state index >= 15 is 0 Å². The van der Waals surface area contributed by atoms with Crippen LogP contribution >= 0.6 is 22.6 Å². The van der Waals surface area contributed by atoms with Gasteiger partial charge in [-0.2, -0.15) is 0 Å². The second-order valence-corrected chi connectivity index (χ2v) is 7.24. The fourth-order valence-electron chi connectivity index (χ4n) is 2.12. The summed E-state index contributed by atoms with van der Waals surface area (Å²) in [6, 6.07) is 14.5. The quantitative estimate of drug-likeness (QED) is 0.501. The molecule has 2 aromatic rings. The first-order valence-corrected chi connectivity index (χ1v) is 7.78. The van der Waals surface area contributed by atoms with E-state index in [1.54, 1.807) is 6.92 Å². The van der Waals surface area contributed by atoms with Gasteiger partial charge >= 0.3 is 0 Å². The summed E-state index contributed by atoms with van der Waals surface area (Å²) in [5.41, 5.74) is 4.49. The summed E-state index contributed by atoms with van der Waals surface area (Å²) < 4.78 is 1.17. The van der Waals surface area contributed by atoms with Crippen molar-refractivity contribution < 1.29 is 4.79 Å². The maximum Gasteiger partial charge on any atom is 0.159 e. The molecule has 0 amide bonds. The highest BCUT2D eigenvalue weighted by molar-refractivity contribution is 14.1. The Morgan fingerprint density at radius 3 is 2.35 bits per heavy atom. The summed E-state index contributed by atoms with van der Waals surface area (Å²) in [5, 5.41) is 0. The molecule has 0 unspecified atom stereocenters. The molecule has 0 saturated carbocycles. The molecule has 0 aromatic heterocycles. The monoisotopic (exact) mass is 378 g/mol. The minimum Gasteiger partial charge on any atom is -0.295 e. The first kappa shape index (κ1) is 15.2. The fourth-order valence-corrected chi connectivity index (χ4v) is 2.77. The zero-order chi connectivity index (χ0) is 14.9. The van der Waals surface area contributed by atoms with Crippen LogP contribution in [0.4, 0.5) is 0 Å². The number of hydrogen-bond donors (Lipinski definition) is 0. The van der Waals surface area contributed by atoms with Crippen molar-refractivity contribution in [3.63, 3.8) is 0 Å². The van der Waals surface area contributed by atoms with Gasteiger partial charge in [-0.15, -0.1) is 0 Å². The first-order valence-electron chi connectivity index (χ1n) is 6.70. The van der Waals surface area contributed by atoms with E-state index in [1.165, 1.54) is 14.7 Å². The molecule has 104 valence electrons. The Bertz CT molecular complexity index is 651. The van der Waals surface area contributed by atoms with Crippen LogP contribution in [0.3, 0.4) is 0 Å². The molecule has 0 atom stereocenters. The molecular weight excluding hydrogens is 359 g/mol. The van der Waals surface area contributed by atoms with Crippen LogP contribution in [0.5, 0.6) is 0 Å². The predicted molar refractivity (Wildman–Crippen MR) is 93.3 cm³/mol. The van der Waals surface area contributed by atoms with Gasteiger partial charge in [-0.05, 0) is 63.8 Å². The summed E-state index contributed by atoms with van der Waals surface area (Å²) in [7, 11) is 0. The molecule has 0 radical (unpaired) electrons. The lowest BCUT2D eigenvalue weighted by molar-refractivity contribution is 0.101. The Labute approximate surface area is 134 Å². The zero-order valence-electron chi connectivity index (χ0n) is 12.3. The predicted octanol–water partition coefficient (Wildman–Crippen LogP) is 5.46. The van der Waals surface area contributed by atoms with Gasteiger partial charge in [0.25, 0.3) is 0 Å². The van der Waals surface area contributed by atoms with Crippen molar-refractivity contribution in [1.82, 2.24) is 0 Å². The Morgan fingerprint density at radius 2 is 1.75 bits per heavy atom. The summed E-state index contributed by atoms with van der Waals surface area (Å²) in [5.74, 6) is 0.106. The molecule has 0 bridgehead atoms. The number of Topliss-reactive ketones (excluding diaryl/α,β-unsaturated/α-hetero) is 1. The van der Waals surface area contributed by atoms with E-state index in [9.17, 15) is 4.79 Å². The van der Waals surface area contributed by atoms with Crippen molar-refractivity contribution in [2.75, 3.05) is 0 Å². The molecule has 0 spiro atoms. The Morgan fingerprint density at radius 1 is 1.05 bits per heavy atom. The molecule has 20 heavy (non-hydrogen) atoms. The van der Waals surface area contributed by atoms with Gasteiger partial charge in [0.2, 0.25) is 0 Å². The molecule has 0 N–H and O–H groups in total. The van der Waals surface area contributed by atoms with Crippen molar-refractivity contribution in [1.29, 1.82) is 0 Å². The minimum absolute atomic E-state index is 0.106. The smallest absolute Gasteiger partial charge is 0.159 e. The normalized spacial score (nSPS) is 11.4. The zero-order valence-corrected chi connectivity index (χ0v) is 14.5. The van der Waals surface area contributed by atoms with Gasteiger partial charge in [-0.25, -0.2) is 0 Å². The van der Waals surface area contributed by atoms with Crippen molar-refractivity contribution in [3.05, 3.63) is 57.2 Å². The van der Waals surface area contributed by atoms with Crippen molar-refractivity contribution >= 4 is 28.4 Å². The van der Waals surface area contributed by atoms with Gasteiger partial charge in [-0.1, -0.05) is 51.1 Å². The SMILES string of the molecule is CC(=O)c1ccc(I)c(-c2cccc(C(C)(C)C)c2)c1. The molecule has 2 heteroatoms. The first-order chi connectivity index (χ1) is 9.29. The van der Waals surface area contributed by atoms with Gasteiger partial charge in [0.1, 0.15) is 0 Å². The summed E-state index contributed by atoms with van der Waals surface area (Å²) >= 11 is 2.33. The third-order valence-corrected chi connectivity index (χ3v) is 4.35. The average Bonchev–Trinajstić information content (AvgIpc) is 2.38. The van der Waals surface area contributed by atoms with Gasteiger partial charge < -0.3 is 0 Å². The topological polar surface area (TPSA) is 17.1 Å². The van der Waals surface area contributed by atoms with E-state index in [-0.39, 0.29) is 11.2 Å².